The van der Waals surface area contributed by atoms with Gasteiger partial charge in [-0.2, -0.15) is 0 Å². The van der Waals surface area contributed by atoms with Crippen LogP contribution in [0.15, 0.2) is 30.3 Å². The summed E-state index contributed by atoms with van der Waals surface area (Å²) >= 11 is 0. The van der Waals surface area contributed by atoms with E-state index >= 15 is 0 Å². The van der Waals surface area contributed by atoms with Crippen LogP contribution in [-0.2, 0) is 20.9 Å². The lowest BCUT2D eigenvalue weighted by atomic mass is 10.1. The summed E-state index contributed by atoms with van der Waals surface area (Å²) in [5.41, 5.74) is 0.801. The fourth-order valence-electron chi connectivity index (χ4n) is 1.38. The Morgan fingerprint density at radius 1 is 1.26 bits per heavy atom. The van der Waals surface area contributed by atoms with Gasteiger partial charge in [-0.25, -0.2) is 4.79 Å². The number of hydrogen-bond donors (Lipinski definition) is 2. The van der Waals surface area contributed by atoms with Gasteiger partial charge >= 0.3 is 12.1 Å². The summed E-state index contributed by atoms with van der Waals surface area (Å²) in [5.74, 6) is -1.59. The first kappa shape index (κ1) is 14.7. The van der Waals surface area contributed by atoms with Gasteiger partial charge < -0.3 is 15.2 Å². The zero-order valence-corrected chi connectivity index (χ0v) is 10.5. The molecule has 0 aromatic heterocycles. The lowest BCUT2D eigenvalue weighted by Gasteiger charge is -2.13. The highest BCUT2D eigenvalue weighted by molar-refractivity contribution is 5.89. The molecule has 0 aliphatic rings. The fraction of sp³-hybridized carbons (Fsp3) is 0.308. The van der Waals surface area contributed by atoms with Gasteiger partial charge in [0.25, 0.3) is 0 Å². The van der Waals surface area contributed by atoms with Gasteiger partial charge in [0.1, 0.15) is 12.6 Å². The summed E-state index contributed by atoms with van der Waals surface area (Å²) in [6, 6.07) is 7.95. The van der Waals surface area contributed by atoms with Crippen LogP contribution in [0, 0.1) is 0 Å². The molecule has 1 amide bonds. The molecule has 102 valence electrons. The molecule has 0 radical (unpaired) electrons. The van der Waals surface area contributed by atoms with E-state index in [2.05, 4.69) is 5.32 Å². The molecule has 0 saturated carbocycles. The van der Waals surface area contributed by atoms with Gasteiger partial charge in [0.2, 0.25) is 0 Å². The number of carbonyl (C=O) groups is 3. The summed E-state index contributed by atoms with van der Waals surface area (Å²) in [6.07, 6.45) is -1.28. The van der Waals surface area contributed by atoms with Gasteiger partial charge in [0, 0.05) is 0 Å². The average molecular weight is 265 g/mol. The van der Waals surface area contributed by atoms with Crippen LogP contribution in [0.3, 0.4) is 0 Å². The second-order valence-electron chi connectivity index (χ2n) is 3.97. The Hall–Kier alpha value is -2.37. The minimum atomic E-state index is -1.16. The standard InChI is InChI=1S/C13H15NO5/c1-9(15)11(7-12(16)17)14-13(18)19-8-10-5-3-2-4-6-10/h2-6,11H,7-8H2,1H3,(H,14,18)(H,16,17). The van der Waals surface area contributed by atoms with E-state index in [1.807, 2.05) is 6.07 Å². The zero-order chi connectivity index (χ0) is 14.3. The molecular weight excluding hydrogens is 250 g/mol. The maximum absolute atomic E-state index is 11.4. The smallest absolute Gasteiger partial charge is 0.408 e. The third-order valence-electron chi connectivity index (χ3n) is 2.37. The van der Waals surface area contributed by atoms with Gasteiger partial charge in [0.15, 0.2) is 5.78 Å². The van der Waals surface area contributed by atoms with E-state index in [1.165, 1.54) is 6.92 Å². The molecule has 1 aromatic rings. The molecule has 0 saturated heterocycles. The van der Waals surface area contributed by atoms with E-state index < -0.39 is 30.3 Å². The summed E-state index contributed by atoms with van der Waals surface area (Å²) < 4.78 is 4.90. The van der Waals surface area contributed by atoms with E-state index in [1.54, 1.807) is 24.3 Å². The third-order valence-corrected chi connectivity index (χ3v) is 2.37. The Balaban J connectivity index is 2.45. The van der Waals surface area contributed by atoms with Crippen molar-refractivity contribution in [1.29, 1.82) is 0 Å². The first-order valence-corrected chi connectivity index (χ1v) is 5.68. The molecule has 6 nitrogen and oxygen atoms in total. The number of Topliss-reactive ketones (excluding diaryl/α,β-unsaturated/α-hetero) is 1. The lowest BCUT2D eigenvalue weighted by Crippen LogP contribution is -2.41. The van der Waals surface area contributed by atoms with Gasteiger partial charge in [0.05, 0.1) is 6.42 Å². The topological polar surface area (TPSA) is 92.7 Å². The average Bonchev–Trinajstić information content (AvgIpc) is 2.36. The van der Waals surface area contributed by atoms with Crippen LogP contribution in [0.4, 0.5) is 4.79 Å². The zero-order valence-electron chi connectivity index (χ0n) is 10.5. The molecule has 6 heteroatoms. The number of alkyl carbamates (subject to hydrolysis) is 1. The highest BCUT2D eigenvalue weighted by atomic mass is 16.5. The van der Waals surface area contributed by atoms with Crippen molar-refractivity contribution in [2.24, 2.45) is 0 Å². The van der Waals surface area contributed by atoms with Crippen molar-refractivity contribution in [2.45, 2.75) is 26.0 Å². The van der Waals surface area contributed by atoms with Crippen molar-refractivity contribution in [3.05, 3.63) is 35.9 Å². The largest absolute Gasteiger partial charge is 0.481 e. The molecule has 0 aliphatic carbocycles. The molecule has 0 fully saturated rings. The fourth-order valence-corrected chi connectivity index (χ4v) is 1.38. The molecule has 19 heavy (non-hydrogen) atoms. The molecule has 1 rings (SSSR count). The quantitative estimate of drug-likeness (QED) is 0.809. The van der Waals surface area contributed by atoms with Gasteiger partial charge in [-0.15, -0.1) is 0 Å². The van der Waals surface area contributed by atoms with Crippen LogP contribution in [0.25, 0.3) is 0 Å². The van der Waals surface area contributed by atoms with Crippen LogP contribution in [0.5, 0.6) is 0 Å². The third kappa shape index (κ3) is 5.67. The number of ketones is 1. The minimum Gasteiger partial charge on any atom is -0.481 e. The number of ether oxygens (including phenoxy) is 1. The second-order valence-corrected chi connectivity index (χ2v) is 3.97. The highest BCUT2D eigenvalue weighted by Crippen LogP contribution is 2.01. The number of carbonyl (C=O) groups excluding carboxylic acids is 2. The first-order valence-electron chi connectivity index (χ1n) is 5.68. The SMILES string of the molecule is CC(=O)C(CC(=O)O)NC(=O)OCc1ccccc1. The van der Waals surface area contributed by atoms with Gasteiger partial charge in [-0.3, -0.25) is 9.59 Å². The molecule has 0 bridgehead atoms. The van der Waals surface area contributed by atoms with E-state index in [9.17, 15) is 14.4 Å². The van der Waals surface area contributed by atoms with E-state index in [-0.39, 0.29) is 6.61 Å². The van der Waals surface area contributed by atoms with Crippen LogP contribution in [0.1, 0.15) is 18.9 Å². The number of carboxylic acids is 1. The summed E-state index contributed by atoms with van der Waals surface area (Å²) in [5, 5.41) is 10.8. The lowest BCUT2D eigenvalue weighted by molar-refractivity contribution is -0.139. The monoisotopic (exact) mass is 265 g/mol. The molecule has 0 aliphatic heterocycles. The Bertz CT molecular complexity index is 457. The number of carboxylic acid groups (broad SMARTS) is 1. The van der Waals surface area contributed by atoms with E-state index in [0.717, 1.165) is 5.56 Å². The van der Waals surface area contributed by atoms with Crippen molar-refractivity contribution < 1.29 is 24.2 Å². The normalized spacial score (nSPS) is 11.4. The summed E-state index contributed by atoms with van der Waals surface area (Å²) in [4.78, 5) is 33.1. The molecule has 2 N–H and O–H groups in total. The van der Waals surface area contributed by atoms with E-state index in [4.69, 9.17) is 9.84 Å². The molecule has 1 unspecified atom stereocenters. The Labute approximate surface area is 110 Å². The molecule has 1 atom stereocenters. The Morgan fingerprint density at radius 3 is 2.42 bits per heavy atom. The predicted molar refractivity (Wildman–Crippen MR) is 66.5 cm³/mol. The van der Waals surface area contributed by atoms with Crippen molar-refractivity contribution in [3.63, 3.8) is 0 Å². The minimum absolute atomic E-state index is 0.0599. The number of amides is 1. The van der Waals surface area contributed by atoms with Crippen LogP contribution >= 0.6 is 0 Å². The molecule has 1 aromatic carbocycles. The van der Waals surface area contributed by atoms with Crippen molar-refractivity contribution in [2.75, 3.05) is 0 Å². The van der Waals surface area contributed by atoms with Crippen molar-refractivity contribution in [1.82, 2.24) is 5.32 Å². The Kier molecular flexibility index (Phi) is 5.53. The number of benzene rings is 1. The molecular formula is C13H15NO5. The number of nitrogens with one attached hydrogen (secondary N) is 1. The molecule has 0 heterocycles. The Morgan fingerprint density at radius 2 is 1.89 bits per heavy atom. The van der Waals surface area contributed by atoms with Crippen molar-refractivity contribution in [3.8, 4) is 0 Å². The van der Waals surface area contributed by atoms with Crippen molar-refractivity contribution >= 4 is 17.8 Å². The second kappa shape index (κ2) is 7.15. The van der Waals surface area contributed by atoms with Crippen LogP contribution < -0.4 is 5.32 Å². The van der Waals surface area contributed by atoms with E-state index in [0.29, 0.717) is 0 Å². The van der Waals surface area contributed by atoms with Crippen LogP contribution in [-0.4, -0.2) is 29.0 Å². The maximum atomic E-state index is 11.4. The number of rotatable bonds is 6. The molecule has 0 spiro atoms. The number of aliphatic carboxylic acids is 1. The highest BCUT2D eigenvalue weighted by Gasteiger charge is 2.20. The van der Waals surface area contributed by atoms with Gasteiger partial charge in [-0.05, 0) is 12.5 Å². The predicted octanol–water partition coefficient (Wildman–Crippen LogP) is 1.35. The summed E-state index contributed by atoms with van der Waals surface area (Å²) in [6.45, 7) is 1.27. The van der Waals surface area contributed by atoms with Gasteiger partial charge in [-0.1, -0.05) is 30.3 Å². The number of hydrogen-bond acceptors (Lipinski definition) is 4. The van der Waals surface area contributed by atoms with Crippen LogP contribution in [0.2, 0.25) is 0 Å². The first-order chi connectivity index (χ1) is 8.99. The maximum Gasteiger partial charge on any atom is 0.408 e. The summed E-state index contributed by atoms with van der Waals surface area (Å²) in [7, 11) is 0.